The van der Waals surface area contributed by atoms with Crippen LogP contribution in [0.4, 0.5) is 20.3 Å². The zero-order valence-corrected chi connectivity index (χ0v) is 14.3. The van der Waals surface area contributed by atoms with Crippen LogP contribution in [0.25, 0.3) is 0 Å². The number of aromatic nitrogens is 4. The first kappa shape index (κ1) is 18.0. The molecule has 0 unspecified atom stereocenters. The number of nitrogen functional groups attached to an aromatic ring is 1. The molecular weight excluding hydrogens is 368 g/mol. The van der Waals surface area contributed by atoms with E-state index in [0.29, 0.717) is 11.4 Å². The Hall–Kier alpha value is -2.85. The van der Waals surface area contributed by atoms with Gasteiger partial charge in [0.2, 0.25) is 5.82 Å². The maximum atomic E-state index is 14.8. The van der Waals surface area contributed by atoms with E-state index in [-0.39, 0.29) is 28.8 Å². The summed E-state index contributed by atoms with van der Waals surface area (Å²) in [7, 11) is 0. The summed E-state index contributed by atoms with van der Waals surface area (Å²) in [5.74, 6) is 1.47. The molecule has 136 valence electrons. The highest BCUT2D eigenvalue weighted by atomic mass is 35.5. The van der Waals surface area contributed by atoms with Gasteiger partial charge in [-0.25, -0.2) is 20.4 Å². The molecule has 0 aliphatic rings. The monoisotopic (exact) mass is 381 g/mol. The van der Waals surface area contributed by atoms with E-state index in [4.69, 9.17) is 23.2 Å². The summed E-state index contributed by atoms with van der Waals surface area (Å²) in [5, 5.41) is 8.00. The quantitative estimate of drug-likeness (QED) is 0.392. The van der Waals surface area contributed by atoms with Gasteiger partial charge in [-0.1, -0.05) is 52.2 Å². The van der Waals surface area contributed by atoms with Crippen molar-refractivity contribution in [2.45, 2.75) is 19.4 Å². The molecule has 2 heterocycles. The smallest absolute Gasteiger partial charge is 0.331 e. The van der Waals surface area contributed by atoms with Gasteiger partial charge in [0.25, 0.3) is 0 Å². The maximum Gasteiger partial charge on any atom is 0.331 e. The number of rotatable bonds is 5. The first-order valence-electron chi connectivity index (χ1n) is 7.37. The lowest BCUT2D eigenvalue weighted by Crippen LogP contribution is -2.33. The minimum Gasteiger partial charge on any atom is -0.393 e. The highest BCUT2D eigenvalue weighted by Gasteiger charge is 2.39. The van der Waals surface area contributed by atoms with Crippen molar-refractivity contribution in [2.75, 3.05) is 10.7 Å². The molecule has 0 saturated carbocycles. The van der Waals surface area contributed by atoms with Crippen LogP contribution in [0, 0.1) is 6.92 Å². The van der Waals surface area contributed by atoms with Crippen molar-refractivity contribution in [3.05, 3.63) is 58.3 Å². The lowest BCUT2D eigenvalue weighted by Gasteiger charge is -2.22. The third kappa shape index (κ3) is 3.28. The standard InChI is InChI=1S/C15H14ClF2N7O/c1-8-10(24-26-23-8)7-25(20)13-11(19)12(16)21-14(22-13)15(17,18)9-5-3-2-4-6-9/h2-6H,7,19-20H2,1H3. The molecular formula is C15H14ClF2N7O. The molecule has 3 aromatic rings. The molecule has 26 heavy (non-hydrogen) atoms. The van der Waals surface area contributed by atoms with Gasteiger partial charge in [0.05, 0.1) is 6.54 Å². The molecule has 0 fully saturated rings. The Morgan fingerprint density at radius 1 is 1.19 bits per heavy atom. The predicted octanol–water partition coefficient (Wildman–Crippen LogP) is 2.42. The van der Waals surface area contributed by atoms with Crippen LogP contribution >= 0.6 is 11.6 Å². The Morgan fingerprint density at radius 3 is 2.50 bits per heavy atom. The van der Waals surface area contributed by atoms with E-state index in [1.807, 2.05) is 0 Å². The van der Waals surface area contributed by atoms with Crippen LogP contribution in [-0.4, -0.2) is 20.3 Å². The number of nitrogens with zero attached hydrogens (tertiary/aromatic N) is 5. The molecule has 0 spiro atoms. The van der Waals surface area contributed by atoms with Crippen molar-refractivity contribution in [3.63, 3.8) is 0 Å². The van der Waals surface area contributed by atoms with E-state index in [9.17, 15) is 8.78 Å². The number of hydrogen-bond donors (Lipinski definition) is 2. The van der Waals surface area contributed by atoms with E-state index in [2.05, 4.69) is 24.9 Å². The Labute approximate surface area is 151 Å². The van der Waals surface area contributed by atoms with Crippen LogP contribution in [0.3, 0.4) is 0 Å². The molecule has 0 aliphatic carbocycles. The summed E-state index contributed by atoms with van der Waals surface area (Å²) in [6, 6.07) is 7.12. The minimum atomic E-state index is -3.49. The molecule has 0 amide bonds. The number of hydrogen-bond acceptors (Lipinski definition) is 8. The number of aryl methyl sites for hydroxylation is 1. The van der Waals surface area contributed by atoms with Gasteiger partial charge in [0.1, 0.15) is 17.1 Å². The number of hydrazine groups is 1. The largest absolute Gasteiger partial charge is 0.393 e. The van der Waals surface area contributed by atoms with Crippen LogP contribution in [0.2, 0.25) is 5.15 Å². The highest BCUT2D eigenvalue weighted by molar-refractivity contribution is 6.32. The predicted molar refractivity (Wildman–Crippen MR) is 90.3 cm³/mol. The maximum absolute atomic E-state index is 14.8. The van der Waals surface area contributed by atoms with Gasteiger partial charge in [0.15, 0.2) is 11.0 Å². The van der Waals surface area contributed by atoms with Gasteiger partial charge < -0.3 is 5.73 Å². The van der Waals surface area contributed by atoms with Crippen molar-refractivity contribution in [1.29, 1.82) is 0 Å². The third-order valence-corrected chi connectivity index (χ3v) is 3.92. The summed E-state index contributed by atoms with van der Waals surface area (Å²) >= 11 is 5.93. The summed E-state index contributed by atoms with van der Waals surface area (Å²) in [6.07, 6.45) is 0. The lowest BCUT2D eigenvalue weighted by molar-refractivity contribution is 0.0329. The molecule has 4 N–H and O–H groups in total. The molecule has 8 nitrogen and oxygen atoms in total. The molecule has 0 saturated heterocycles. The highest BCUT2D eigenvalue weighted by Crippen LogP contribution is 2.37. The Kier molecular flexibility index (Phi) is 4.70. The Morgan fingerprint density at radius 2 is 1.88 bits per heavy atom. The second-order valence-corrected chi connectivity index (χ2v) is 5.80. The van der Waals surface area contributed by atoms with Crippen LogP contribution in [0.15, 0.2) is 35.0 Å². The molecule has 2 aromatic heterocycles. The van der Waals surface area contributed by atoms with Crippen molar-refractivity contribution in [3.8, 4) is 0 Å². The zero-order chi connectivity index (χ0) is 18.9. The normalized spacial score (nSPS) is 11.6. The summed E-state index contributed by atoms with van der Waals surface area (Å²) in [4.78, 5) is 7.47. The van der Waals surface area contributed by atoms with Gasteiger partial charge in [-0.2, -0.15) is 8.78 Å². The fraction of sp³-hybridized carbons (Fsp3) is 0.200. The molecule has 3 rings (SSSR count). The number of halogens is 3. The lowest BCUT2D eigenvalue weighted by atomic mass is 10.1. The molecule has 0 radical (unpaired) electrons. The summed E-state index contributed by atoms with van der Waals surface area (Å²) in [5.41, 5.74) is 6.30. The van der Waals surface area contributed by atoms with Gasteiger partial charge in [-0.3, -0.25) is 5.01 Å². The average Bonchev–Trinajstić information content (AvgIpc) is 3.02. The first-order chi connectivity index (χ1) is 12.3. The average molecular weight is 382 g/mol. The SMILES string of the molecule is Cc1nonc1CN(N)c1nc(C(F)(F)c2ccccc2)nc(Cl)c1N. The first-order valence-corrected chi connectivity index (χ1v) is 7.75. The van der Waals surface area contributed by atoms with E-state index >= 15 is 0 Å². The van der Waals surface area contributed by atoms with Crippen molar-refractivity contribution in [1.82, 2.24) is 20.3 Å². The topological polar surface area (TPSA) is 120 Å². The van der Waals surface area contributed by atoms with E-state index in [1.54, 1.807) is 13.0 Å². The van der Waals surface area contributed by atoms with Gasteiger partial charge >= 0.3 is 5.92 Å². The number of alkyl halides is 2. The van der Waals surface area contributed by atoms with E-state index in [1.165, 1.54) is 24.3 Å². The van der Waals surface area contributed by atoms with E-state index in [0.717, 1.165) is 5.01 Å². The van der Waals surface area contributed by atoms with Crippen molar-refractivity contribution >= 4 is 23.1 Å². The Bertz CT molecular complexity index is 920. The number of nitrogens with two attached hydrogens (primary N) is 2. The van der Waals surface area contributed by atoms with Gasteiger partial charge in [-0.15, -0.1) is 0 Å². The fourth-order valence-electron chi connectivity index (χ4n) is 2.20. The Balaban J connectivity index is 2.01. The van der Waals surface area contributed by atoms with Gasteiger partial charge in [0, 0.05) is 5.56 Å². The van der Waals surface area contributed by atoms with Crippen LogP contribution in [-0.2, 0) is 12.5 Å². The van der Waals surface area contributed by atoms with E-state index < -0.39 is 11.7 Å². The zero-order valence-electron chi connectivity index (χ0n) is 13.5. The number of benzene rings is 1. The van der Waals surface area contributed by atoms with Crippen molar-refractivity contribution < 1.29 is 13.4 Å². The second-order valence-electron chi connectivity index (χ2n) is 5.44. The van der Waals surface area contributed by atoms with Crippen LogP contribution < -0.4 is 16.6 Å². The fourth-order valence-corrected chi connectivity index (χ4v) is 2.36. The van der Waals surface area contributed by atoms with Gasteiger partial charge in [-0.05, 0) is 6.92 Å². The minimum absolute atomic E-state index is 0.0246. The number of anilines is 2. The van der Waals surface area contributed by atoms with Crippen LogP contribution in [0.5, 0.6) is 0 Å². The van der Waals surface area contributed by atoms with Crippen LogP contribution in [0.1, 0.15) is 22.8 Å². The molecule has 1 aromatic carbocycles. The molecule has 0 atom stereocenters. The van der Waals surface area contributed by atoms with Crippen molar-refractivity contribution in [2.24, 2.45) is 5.84 Å². The molecule has 11 heteroatoms. The molecule has 0 bridgehead atoms. The molecule has 0 aliphatic heterocycles. The third-order valence-electron chi connectivity index (χ3n) is 3.63. The second kappa shape index (κ2) is 6.81. The summed E-state index contributed by atoms with van der Waals surface area (Å²) in [6.45, 7) is 1.63. The summed E-state index contributed by atoms with van der Waals surface area (Å²) < 4.78 is 34.1.